The first-order valence-electron chi connectivity index (χ1n) is 5.41. The van der Waals surface area contributed by atoms with Gasteiger partial charge in [-0.05, 0) is 18.2 Å². The monoisotopic (exact) mass is 312 g/mol. The summed E-state index contributed by atoms with van der Waals surface area (Å²) >= 11 is 5.80. The van der Waals surface area contributed by atoms with E-state index in [-0.39, 0.29) is 27.9 Å². The highest BCUT2D eigenvalue weighted by molar-refractivity contribution is 7.89. The van der Waals surface area contributed by atoms with Gasteiger partial charge in [-0.25, -0.2) is 13.1 Å². The lowest BCUT2D eigenvalue weighted by Gasteiger charge is -2.05. The number of rotatable bonds is 4. The Morgan fingerprint density at radius 2 is 2.25 bits per heavy atom. The second-order valence-electron chi connectivity index (χ2n) is 3.81. The molecule has 1 heterocycles. The Bertz CT molecular complexity index is 779. The van der Waals surface area contributed by atoms with Crippen molar-refractivity contribution in [2.75, 3.05) is 0 Å². The molecule has 0 atom stereocenters. The van der Waals surface area contributed by atoms with Gasteiger partial charge in [-0.2, -0.15) is 10.2 Å². The number of hydrogen-bond acceptors (Lipinski definition) is 6. The molecular weight excluding hydrogens is 304 g/mol. The highest BCUT2D eigenvalue weighted by Crippen LogP contribution is 2.20. The number of benzene rings is 1. The zero-order valence-electron chi connectivity index (χ0n) is 10.3. The van der Waals surface area contributed by atoms with Crippen LogP contribution in [0.1, 0.15) is 17.3 Å². The predicted molar refractivity (Wildman–Crippen MR) is 69.2 cm³/mol. The Hall–Kier alpha value is -1.95. The third kappa shape index (κ3) is 3.14. The van der Waals surface area contributed by atoms with Crippen LogP contribution in [-0.4, -0.2) is 18.6 Å². The molecule has 0 aliphatic rings. The van der Waals surface area contributed by atoms with Crippen LogP contribution in [0, 0.1) is 18.3 Å². The van der Waals surface area contributed by atoms with Crippen LogP contribution in [0.3, 0.4) is 0 Å². The van der Waals surface area contributed by atoms with Crippen molar-refractivity contribution in [3.05, 3.63) is 40.5 Å². The molecule has 7 nitrogen and oxygen atoms in total. The molecular formula is C11H9ClN4O3S. The quantitative estimate of drug-likeness (QED) is 0.913. The molecule has 0 aliphatic heterocycles. The Morgan fingerprint density at radius 3 is 2.80 bits per heavy atom. The Morgan fingerprint density at radius 1 is 1.50 bits per heavy atom. The van der Waals surface area contributed by atoms with Gasteiger partial charge in [-0.15, -0.1) is 0 Å². The van der Waals surface area contributed by atoms with E-state index in [4.69, 9.17) is 21.4 Å². The zero-order chi connectivity index (χ0) is 14.8. The maximum Gasteiger partial charge on any atom is 0.241 e. The molecule has 20 heavy (non-hydrogen) atoms. The average Bonchev–Trinajstić information content (AvgIpc) is 2.82. The molecule has 0 saturated carbocycles. The number of halogens is 1. The second-order valence-corrected chi connectivity index (χ2v) is 5.98. The Kier molecular flexibility index (Phi) is 4.04. The maximum atomic E-state index is 12.0. The van der Waals surface area contributed by atoms with E-state index >= 15 is 0 Å². The summed E-state index contributed by atoms with van der Waals surface area (Å²) in [6, 6.07) is 5.71. The van der Waals surface area contributed by atoms with E-state index < -0.39 is 10.0 Å². The summed E-state index contributed by atoms with van der Waals surface area (Å²) in [5.41, 5.74) is 0.208. The van der Waals surface area contributed by atoms with Crippen molar-refractivity contribution in [3.63, 3.8) is 0 Å². The minimum atomic E-state index is -3.76. The van der Waals surface area contributed by atoms with Gasteiger partial charge >= 0.3 is 0 Å². The highest BCUT2D eigenvalue weighted by atomic mass is 35.5. The van der Waals surface area contributed by atoms with Crippen molar-refractivity contribution in [3.8, 4) is 6.07 Å². The van der Waals surface area contributed by atoms with Gasteiger partial charge in [0.15, 0.2) is 5.82 Å². The van der Waals surface area contributed by atoms with E-state index in [1.165, 1.54) is 18.2 Å². The largest absolute Gasteiger partial charge is 0.340 e. The fourth-order valence-corrected chi connectivity index (χ4v) is 2.70. The lowest BCUT2D eigenvalue weighted by atomic mass is 10.2. The molecule has 0 spiro atoms. The van der Waals surface area contributed by atoms with Crippen molar-refractivity contribution >= 4 is 21.6 Å². The van der Waals surface area contributed by atoms with E-state index in [0.29, 0.717) is 5.89 Å². The number of nitriles is 1. The van der Waals surface area contributed by atoms with Gasteiger partial charge in [0.1, 0.15) is 6.07 Å². The second kappa shape index (κ2) is 5.58. The summed E-state index contributed by atoms with van der Waals surface area (Å²) in [5, 5.41) is 12.4. The van der Waals surface area contributed by atoms with Crippen LogP contribution in [0.4, 0.5) is 0 Å². The van der Waals surface area contributed by atoms with Gasteiger partial charge < -0.3 is 4.52 Å². The van der Waals surface area contributed by atoms with E-state index in [1.807, 2.05) is 6.07 Å². The van der Waals surface area contributed by atoms with Crippen molar-refractivity contribution in [2.45, 2.75) is 18.4 Å². The molecule has 0 fully saturated rings. The molecule has 104 valence electrons. The van der Waals surface area contributed by atoms with Crippen molar-refractivity contribution in [1.82, 2.24) is 14.9 Å². The van der Waals surface area contributed by atoms with Crippen molar-refractivity contribution < 1.29 is 12.9 Å². The van der Waals surface area contributed by atoms with Gasteiger partial charge in [0, 0.05) is 6.92 Å². The third-order valence-corrected chi connectivity index (χ3v) is 4.07. The first-order valence-corrected chi connectivity index (χ1v) is 7.27. The summed E-state index contributed by atoms with van der Waals surface area (Å²) in [5.74, 6) is 0.575. The highest BCUT2D eigenvalue weighted by Gasteiger charge is 2.16. The predicted octanol–water partition coefficient (Wildman–Crippen LogP) is 1.38. The molecule has 2 rings (SSSR count). The summed E-state index contributed by atoms with van der Waals surface area (Å²) in [4.78, 5) is 3.84. The average molecular weight is 313 g/mol. The number of aryl methyl sites for hydroxylation is 1. The van der Waals surface area contributed by atoms with Gasteiger partial charge in [-0.1, -0.05) is 16.8 Å². The molecule has 1 aromatic carbocycles. The third-order valence-electron chi connectivity index (χ3n) is 2.36. The van der Waals surface area contributed by atoms with Crippen LogP contribution >= 0.6 is 11.6 Å². The molecule has 0 bridgehead atoms. The van der Waals surface area contributed by atoms with Crippen LogP contribution in [0.15, 0.2) is 27.6 Å². The van der Waals surface area contributed by atoms with Gasteiger partial charge in [0.2, 0.25) is 15.9 Å². The van der Waals surface area contributed by atoms with E-state index in [2.05, 4.69) is 14.9 Å². The molecule has 0 aliphatic carbocycles. The normalized spacial score (nSPS) is 11.2. The molecule has 0 amide bonds. The summed E-state index contributed by atoms with van der Waals surface area (Å²) in [6.45, 7) is 1.50. The molecule has 0 radical (unpaired) electrons. The fraction of sp³-hybridized carbons (Fsp3) is 0.182. The molecule has 1 aromatic heterocycles. The zero-order valence-corrected chi connectivity index (χ0v) is 11.9. The lowest BCUT2D eigenvalue weighted by Crippen LogP contribution is -2.23. The molecule has 1 N–H and O–H groups in total. The van der Waals surface area contributed by atoms with Crippen molar-refractivity contribution in [2.24, 2.45) is 0 Å². The van der Waals surface area contributed by atoms with Gasteiger partial charge in [-0.3, -0.25) is 0 Å². The van der Waals surface area contributed by atoms with Gasteiger partial charge in [0.05, 0.1) is 22.0 Å². The lowest BCUT2D eigenvalue weighted by molar-refractivity contribution is 0.387. The Labute approximate surface area is 120 Å². The summed E-state index contributed by atoms with van der Waals surface area (Å²) < 4.78 is 31.1. The van der Waals surface area contributed by atoms with E-state index in [9.17, 15) is 8.42 Å². The van der Waals surface area contributed by atoms with Crippen LogP contribution in [0.5, 0.6) is 0 Å². The number of nitrogens with zero attached hydrogens (tertiary/aromatic N) is 3. The van der Waals surface area contributed by atoms with Crippen LogP contribution in [-0.2, 0) is 16.6 Å². The maximum absolute atomic E-state index is 12.0. The molecule has 9 heteroatoms. The first kappa shape index (κ1) is 14.5. The van der Waals surface area contributed by atoms with Crippen molar-refractivity contribution in [1.29, 1.82) is 5.26 Å². The SMILES string of the molecule is Cc1nc(CNS(=O)(=O)c2ccc(C#N)c(Cl)c2)no1. The minimum absolute atomic E-state index is 0.0401. The van der Waals surface area contributed by atoms with E-state index in [0.717, 1.165) is 0 Å². The van der Waals surface area contributed by atoms with Crippen LogP contribution < -0.4 is 4.72 Å². The van der Waals surface area contributed by atoms with Crippen LogP contribution in [0.2, 0.25) is 5.02 Å². The molecule has 0 saturated heterocycles. The molecule has 0 unspecified atom stereocenters. The molecule has 2 aromatic rings. The summed E-state index contributed by atoms with van der Waals surface area (Å²) in [6.07, 6.45) is 0. The Balaban J connectivity index is 2.18. The fourth-order valence-electron chi connectivity index (χ4n) is 1.41. The number of hydrogen-bond donors (Lipinski definition) is 1. The summed E-state index contributed by atoms with van der Waals surface area (Å²) in [7, 11) is -3.76. The standard InChI is InChI=1S/C11H9ClN4O3S/c1-7-15-11(16-19-7)6-14-20(17,18)9-3-2-8(5-13)10(12)4-9/h2-4,14H,6H2,1H3. The smallest absolute Gasteiger partial charge is 0.241 e. The van der Waals surface area contributed by atoms with Crippen LogP contribution in [0.25, 0.3) is 0 Å². The topological polar surface area (TPSA) is 109 Å². The number of nitrogens with one attached hydrogen (secondary N) is 1. The number of aromatic nitrogens is 2. The van der Waals surface area contributed by atoms with E-state index in [1.54, 1.807) is 6.92 Å². The first-order chi connectivity index (χ1) is 9.42. The number of sulfonamides is 1. The minimum Gasteiger partial charge on any atom is -0.340 e. The van der Waals surface area contributed by atoms with Gasteiger partial charge in [0.25, 0.3) is 0 Å².